The Labute approximate surface area is 189 Å². The fourth-order valence-corrected chi connectivity index (χ4v) is 5.39. The van der Waals surface area contributed by atoms with Gasteiger partial charge in [-0.3, -0.25) is 14.5 Å². The molecule has 31 heavy (non-hydrogen) atoms. The normalized spacial score (nSPS) is 15.5. The number of nitrogens with zero attached hydrogens (tertiary/aromatic N) is 2. The van der Waals surface area contributed by atoms with Gasteiger partial charge in [0.25, 0.3) is 11.8 Å². The van der Waals surface area contributed by atoms with Gasteiger partial charge < -0.3 is 10.1 Å². The molecular formula is C23H25N3O3S2. The monoisotopic (exact) mass is 455 g/mol. The third-order valence-corrected chi connectivity index (χ3v) is 7.55. The van der Waals surface area contributed by atoms with Crippen molar-refractivity contribution < 1.29 is 14.3 Å². The number of ether oxygens (including phenoxy) is 1. The summed E-state index contributed by atoms with van der Waals surface area (Å²) in [5, 5.41) is 5.87. The first-order chi connectivity index (χ1) is 15.0. The van der Waals surface area contributed by atoms with E-state index in [1.807, 2.05) is 56.5 Å². The molecule has 0 spiro atoms. The maximum absolute atomic E-state index is 13.6. The average molecular weight is 456 g/mol. The molecule has 1 atom stereocenters. The van der Waals surface area contributed by atoms with Crippen LogP contribution in [0, 0.1) is 6.92 Å². The van der Waals surface area contributed by atoms with Crippen LogP contribution in [0.5, 0.6) is 5.75 Å². The van der Waals surface area contributed by atoms with Crippen molar-refractivity contribution in [3.63, 3.8) is 0 Å². The Morgan fingerprint density at radius 3 is 2.71 bits per heavy atom. The van der Waals surface area contributed by atoms with Crippen LogP contribution in [0.1, 0.15) is 42.1 Å². The summed E-state index contributed by atoms with van der Waals surface area (Å²) in [6.07, 6.45) is 0.934. The summed E-state index contributed by atoms with van der Waals surface area (Å²) in [5.41, 5.74) is 1.37. The third kappa shape index (κ3) is 4.36. The second-order valence-corrected chi connectivity index (χ2v) is 9.37. The fraction of sp³-hybridized carbons (Fsp3) is 0.348. The molecule has 0 saturated carbocycles. The second kappa shape index (κ2) is 9.20. The van der Waals surface area contributed by atoms with Crippen LogP contribution in [0.15, 0.2) is 41.8 Å². The van der Waals surface area contributed by atoms with Gasteiger partial charge >= 0.3 is 0 Å². The molecule has 3 heterocycles. The summed E-state index contributed by atoms with van der Waals surface area (Å²) in [5.74, 6) is 0.183. The van der Waals surface area contributed by atoms with Gasteiger partial charge in [0.2, 0.25) is 0 Å². The summed E-state index contributed by atoms with van der Waals surface area (Å²) in [6.45, 7) is 6.09. The quantitative estimate of drug-likeness (QED) is 0.574. The number of carbonyl (C=O) groups excluding carboxylic acids is 2. The first-order valence-corrected chi connectivity index (χ1v) is 12.1. The largest absolute Gasteiger partial charge is 0.477 e. The molecule has 1 unspecified atom stereocenters. The van der Waals surface area contributed by atoms with E-state index >= 15 is 0 Å². The number of anilines is 1. The maximum Gasteiger partial charge on any atom is 0.270 e. The lowest BCUT2D eigenvalue weighted by Gasteiger charge is -2.34. The molecule has 0 bridgehead atoms. The lowest BCUT2D eigenvalue weighted by atomic mass is 10.1. The Hall–Kier alpha value is -2.71. The zero-order valence-electron chi connectivity index (χ0n) is 17.8. The Balaban J connectivity index is 1.63. The number of thiazole rings is 1. The smallest absolute Gasteiger partial charge is 0.270 e. The molecule has 6 nitrogen and oxygen atoms in total. The van der Waals surface area contributed by atoms with Crippen molar-refractivity contribution in [2.75, 3.05) is 11.4 Å². The van der Waals surface area contributed by atoms with E-state index in [0.29, 0.717) is 22.0 Å². The van der Waals surface area contributed by atoms with Gasteiger partial charge in [0, 0.05) is 6.04 Å². The number of aromatic nitrogens is 1. The average Bonchev–Trinajstić information content (AvgIpc) is 3.46. The Bertz CT molecular complexity index is 1070. The van der Waals surface area contributed by atoms with Crippen molar-refractivity contribution in [1.29, 1.82) is 0 Å². The zero-order chi connectivity index (χ0) is 22.0. The summed E-state index contributed by atoms with van der Waals surface area (Å²) in [6, 6.07) is 11.4. The highest BCUT2D eigenvalue weighted by Gasteiger charge is 2.36. The van der Waals surface area contributed by atoms with Gasteiger partial charge in [-0.1, -0.05) is 32.0 Å². The molecule has 0 saturated heterocycles. The number of thiophene rings is 1. The van der Waals surface area contributed by atoms with Crippen LogP contribution in [0.3, 0.4) is 0 Å². The van der Waals surface area contributed by atoms with Crippen LogP contribution < -0.4 is 15.0 Å². The van der Waals surface area contributed by atoms with Crippen molar-refractivity contribution in [2.45, 2.75) is 45.8 Å². The summed E-state index contributed by atoms with van der Waals surface area (Å²) in [7, 11) is 0. The number of para-hydroxylation sites is 2. The van der Waals surface area contributed by atoms with Crippen molar-refractivity contribution in [1.82, 2.24) is 10.3 Å². The lowest BCUT2D eigenvalue weighted by molar-refractivity contribution is -0.128. The maximum atomic E-state index is 13.6. The van der Waals surface area contributed by atoms with Gasteiger partial charge in [0.15, 0.2) is 6.10 Å². The number of amides is 2. The van der Waals surface area contributed by atoms with Gasteiger partial charge in [-0.25, -0.2) is 4.98 Å². The molecule has 0 aliphatic carbocycles. The highest BCUT2D eigenvalue weighted by molar-refractivity contribution is 7.22. The topological polar surface area (TPSA) is 71.5 Å². The van der Waals surface area contributed by atoms with Crippen molar-refractivity contribution in [2.24, 2.45) is 0 Å². The number of hydrogen-bond donors (Lipinski definition) is 1. The highest BCUT2D eigenvalue weighted by Crippen LogP contribution is 2.37. The molecule has 2 aromatic heterocycles. The van der Waals surface area contributed by atoms with Crippen LogP contribution in [0.4, 0.5) is 5.69 Å². The summed E-state index contributed by atoms with van der Waals surface area (Å²) >= 11 is 2.99. The molecule has 2 amide bonds. The van der Waals surface area contributed by atoms with E-state index in [1.54, 1.807) is 22.3 Å². The van der Waals surface area contributed by atoms with Crippen LogP contribution in [0.25, 0.3) is 9.88 Å². The molecule has 0 fully saturated rings. The van der Waals surface area contributed by atoms with E-state index < -0.39 is 6.10 Å². The number of benzene rings is 1. The lowest BCUT2D eigenvalue weighted by Crippen LogP contribution is -2.52. The number of fused-ring (bicyclic) bond motifs is 1. The Morgan fingerprint density at radius 1 is 1.23 bits per heavy atom. The van der Waals surface area contributed by atoms with E-state index in [0.717, 1.165) is 22.7 Å². The molecule has 0 radical (unpaired) electrons. The minimum atomic E-state index is -0.760. The van der Waals surface area contributed by atoms with Gasteiger partial charge in [0.05, 0.1) is 22.8 Å². The predicted octanol–water partition coefficient (Wildman–Crippen LogP) is 4.89. The van der Waals surface area contributed by atoms with Gasteiger partial charge in [-0.15, -0.1) is 22.7 Å². The number of hydrogen-bond acceptors (Lipinski definition) is 6. The second-order valence-electron chi connectivity index (χ2n) is 7.42. The van der Waals surface area contributed by atoms with Crippen LogP contribution in [0.2, 0.25) is 0 Å². The SMILES string of the molecule is CCC(CC)NC(=O)C1CN(C(=O)c2sc(-c3cccs3)nc2C)c2ccccc2O1. The van der Waals surface area contributed by atoms with Crippen LogP contribution >= 0.6 is 22.7 Å². The predicted molar refractivity (Wildman–Crippen MR) is 125 cm³/mol. The molecule has 8 heteroatoms. The molecule has 1 aromatic carbocycles. The molecule has 1 aliphatic rings. The fourth-order valence-electron chi connectivity index (χ4n) is 3.57. The molecule has 4 rings (SSSR count). The third-order valence-electron chi connectivity index (χ3n) is 5.37. The number of aryl methyl sites for hydroxylation is 1. The molecule has 3 aromatic rings. The molecule has 1 N–H and O–H groups in total. The van der Waals surface area contributed by atoms with E-state index in [4.69, 9.17) is 4.74 Å². The number of carbonyl (C=O) groups is 2. The van der Waals surface area contributed by atoms with Gasteiger partial charge in [-0.05, 0) is 43.3 Å². The Kier molecular flexibility index (Phi) is 6.38. The minimum absolute atomic E-state index is 0.0921. The van der Waals surface area contributed by atoms with E-state index in [2.05, 4.69) is 10.3 Å². The van der Waals surface area contributed by atoms with Crippen molar-refractivity contribution in [3.8, 4) is 15.6 Å². The molecular weight excluding hydrogens is 430 g/mol. The summed E-state index contributed by atoms with van der Waals surface area (Å²) < 4.78 is 5.98. The first kappa shape index (κ1) is 21.5. The van der Waals surface area contributed by atoms with Crippen molar-refractivity contribution >= 4 is 40.2 Å². The van der Waals surface area contributed by atoms with Gasteiger partial charge in [-0.2, -0.15) is 0 Å². The molecule has 162 valence electrons. The highest BCUT2D eigenvalue weighted by atomic mass is 32.1. The van der Waals surface area contributed by atoms with Crippen LogP contribution in [-0.4, -0.2) is 35.5 Å². The van der Waals surface area contributed by atoms with Gasteiger partial charge in [0.1, 0.15) is 15.6 Å². The minimum Gasteiger partial charge on any atom is -0.477 e. The van der Waals surface area contributed by atoms with E-state index in [1.165, 1.54) is 11.3 Å². The molecule has 1 aliphatic heterocycles. The number of nitrogens with one attached hydrogen (secondary N) is 1. The number of rotatable bonds is 6. The first-order valence-electron chi connectivity index (χ1n) is 10.4. The van der Waals surface area contributed by atoms with Crippen LogP contribution in [-0.2, 0) is 4.79 Å². The summed E-state index contributed by atoms with van der Waals surface area (Å²) in [4.78, 5) is 34.3. The zero-order valence-corrected chi connectivity index (χ0v) is 19.4. The van der Waals surface area contributed by atoms with E-state index in [9.17, 15) is 9.59 Å². The van der Waals surface area contributed by atoms with Crippen molar-refractivity contribution in [3.05, 3.63) is 52.3 Å². The Morgan fingerprint density at radius 2 is 2.00 bits per heavy atom. The standard InChI is InChI=1S/C23H25N3O3S2/c1-4-15(5-2)25-21(27)18-13-26(16-9-6-7-10-17(16)29-18)23(28)20-14(3)24-22(31-20)19-11-8-12-30-19/h6-12,15,18H,4-5,13H2,1-3H3,(H,25,27). The van der Waals surface area contributed by atoms with E-state index in [-0.39, 0.29) is 24.4 Å².